The van der Waals surface area contributed by atoms with Crippen LogP contribution in [0.3, 0.4) is 0 Å². The van der Waals surface area contributed by atoms with Crippen molar-refractivity contribution in [1.82, 2.24) is 9.62 Å². The fourth-order valence-electron chi connectivity index (χ4n) is 2.15. The number of methoxy groups -OCH3 is 1. The molecular formula is C14H18N2O4S. The molecule has 1 aliphatic rings. The van der Waals surface area contributed by atoms with Gasteiger partial charge in [0.1, 0.15) is 5.75 Å². The molecule has 114 valence electrons. The minimum absolute atomic E-state index is 0.162. The van der Waals surface area contributed by atoms with Crippen molar-refractivity contribution in [2.24, 2.45) is 0 Å². The predicted octanol–water partition coefficient (Wildman–Crippen LogP) is 0.679. The van der Waals surface area contributed by atoms with Gasteiger partial charge in [0.05, 0.1) is 18.0 Å². The van der Waals surface area contributed by atoms with E-state index in [9.17, 15) is 13.2 Å². The van der Waals surface area contributed by atoms with Crippen LogP contribution in [0, 0.1) is 6.92 Å². The van der Waals surface area contributed by atoms with E-state index in [1.807, 2.05) is 0 Å². The SMILES string of the molecule is C=CC(=O)NC1CN(S(=O)(=O)c2ccc(OC)c(C)c2)C1. The molecule has 0 aliphatic carbocycles. The molecule has 0 aromatic heterocycles. The maximum Gasteiger partial charge on any atom is 0.243 e. The number of rotatable bonds is 5. The number of hydrogen-bond donors (Lipinski definition) is 1. The van der Waals surface area contributed by atoms with E-state index in [0.29, 0.717) is 5.75 Å². The Morgan fingerprint density at radius 1 is 1.48 bits per heavy atom. The maximum absolute atomic E-state index is 12.4. The minimum atomic E-state index is -3.52. The molecule has 0 spiro atoms. The lowest BCUT2D eigenvalue weighted by Crippen LogP contribution is -2.60. The van der Waals surface area contributed by atoms with Gasteiger partial charge < -0.3 is 10.1 Å². The van der Waals surface area contributed by atoms with E-state index >= 15 is 0 Å². The van der Waals surface area contributed by atoms with Crippen molar-refractivity contribution < 1.29 is 17.9 Å². The highest BCUT2D eigenvalue weighted by atomic mass is 32.2. The van der Waals surface area contributed by atoms with Crippen molar-refractivity contribution in [3.8, 4) is 5.75 Å². The van der Waals surface area contributed by atoms with Gasteiger partial charge in [-0.25, -0.2) is 8.42 Å². The van der Waals surface area contributed by atoms with Crippen LogP contribution in [0.1, 0.15) is 5.56 Å². The van der Waals surface area contributed by atoms with Crippen LogP contribution in [-0.2, 0) is 14.8 Å². The number of hydrogen-bond acceptors (Lipinski definition) is 4. The highest BCUT2D eigenvalue weighted by Crippen LogP contribution is 2.26. The Labute approximate surface area is 124 Å². The molecule has 0 saturated carbocycles. The molecule has 0 bridgehead atoms. The van der Waals surface area contributed by atoms with Crippen LogP contribution in [0.15, 0.2) is 35.7 Å². The number of carbonyl (C=O) groups is 1. The zero-order valence-corrected chi connectivity index (χ0v) is 12.8. The number of nitrogens with one attached hydrogen (secondary N) is 1. The quantitative estimate of drug-likeness (QED) is 0.812. The first-order valence-corrected chi connectivity index (χ1v) is 7.90. The van der Waals surface area contributed by atoms with Gasteiger partial charge in [0.2, 0.25) is 15.9 Å². The summed E-state index contributed by atoms with van der Waals surface area (Å²) in [5.41, 5.74) is 0.760. The summed E-state index contributed by atoms with van der Waals surface area (Å²) < 4.78 is 31.3. The van der Waals surface area contributed by atoms with Crippen LogP contribution >= 0.6 is 0 Å². The van der Waals surface area contributed by atoms with E-state index in [2.05, 4.69) is 11.9 Å². The molecule has 1 aromatic rings. The van der Waals surface area contributed by atoms with E-state index in [-0.39, 0.29) is 29.9 Å². The topological polar surface area (TPSA) is 75.7 Å². The summed E-state index contributed by atoms with van der Waals surface area (Å²) in [7, 11) is -1.98. The first kappa shape index (κ1) is 15.5. The number of aryl methyl sites for hydroxylation is 1. The Hall–Kier alpha value is -1.86. The van der Waals surface area contributed by atoms with Crippen LogP contribution < -0.4 is 10.1 Å². The standard InChI is InChI=1S/C14H18N2O4S/c1-4-14(17)15-11-8-16(9-11)21(18,19)12-5-6-13(20-3)10(2)7-12/h4-7,11H,1,8-9H2,2-3H3,(H,15,17). The van der Waals surface area contributed by atoms with Gasteiger partial charge >= 0.3 is 0 Å². The second-order valence-corrected chi connectivity index (χ2v) is 6.80. The van der Waals surface area contributed by atoms with Crippen LogP contribution in [0.4, 0.5) is 0 Å². The average molecular weight is 310 g/mol. The summed E-state index contributed by atoms with van der Waals surface area (Å²) in [5.74, 6) is 0.353. The molecule has 2 rings (SSSR count). The third kappa shape index (κ3) is 3.08. The first-order chi connectivity index (χ1) is 9.88. The van der Waals surface area contributed by atoms with E-state index in [1.165, 1.54) is 16.4 Å². The summed E-state index contributed by atoms with van der Waals surface area (Å²) >= 11 is 0. The van der Waals surface area contributed by atoms with E-state index in [1.54, 1.807) is 26.2 Å². The van der Waals surface area contributed by atoms with Gasteiger partial charge in [0, 0.05) is 13.1 Å². The Morgan fingerprint density at radius 2 is 2.14 bits per heavy atom. The monoisotopic (exact) mass is 310 g/mol. The van der Waals surface area contributed by atoms with Gasteiger partial charge in [0.25, 0.3) is 0 Å². The minimum Gasteiger partial charge on any atom is -0.496 e. The van der Waals surface area contributed by atoms with Crippen molar-refractivity contribution in [2.75, 3.05) is 20.2 Å². The van der Waals surface area contributed by atoms with Gasteiger partial charge in [-0.3, -0.25) is 4.79 Å². The Balaban J connectivity index is 2.09. The molecule has 1 amide bonds. The number of carbonyl (C=O) groups excluding carboxylic acids is 1. The number of sulfonamides is 1. The highest BCUT2D eigenvalue weighted by Gasteiger charge is 2.37. The molecule has 1 saturated heterocycles. The summed E-state index contributed by atoms with van der Waals surface area (Å²) in [6, 6.07) is 4.59. The van der Waals surface area contributed by atoms with Crippen molar-refractivity contribution in [3.63, 3.8) is 0 Å². The highest BCUT2D eigenvalue weighted by molar-refractivity contribution is 7.89. The Kier molecular flexibility index (Phi) is 4.34. The third-order valence-electron chi connectivity index (χ3n) is 3.38. The molecule has 1 aromatic carbocycles. The second kappa shape index (κ2) is 5.87. The second-order valence-electron chi connectivity index (χ2n) is 4.86. The van der Waals surface area contributed by atoms with Crippen molar-refractivity contribution in [2.45, 2.75) is 17.9 Å². The molecule has 0 unspecified atom stereocenters. The molecule has 1 aliphatic heterocycles. The molecule has 0 atom stereocenters. The molecular weight excluding hydrogens is 292 g/mol. The van der Waals surface area contributed by atoms with Gasteiger partial charge in [-0.05, 0) is 36.8 Å². The maximum atomic E-state index is 12.4. The molecule has 0 radical (unpaired) electrons. The van der Waals surface area contributed by atoms with Gasteiger partial charge in [-0.1, -0.05) is 6.58 Å². The number of benzene rings is 1. The summed E-state index contributed by atoms with van der Waals surface area (Å²) in [5, 5.41) is 2.67. The van der Waals surface area contributed by atoms with E-state index < -0.39 is 10.0 Å². The number of amides is 1. The van der Waals surface area contributed by atoms with E-state index in [4.69, 9.17) is 4.74 Å². The fraction of sp³-hybridized carbons (Fsp3) is 0.357. The lowest BCUT2D eigenvalue weighted by atomic mass is 10.2. The van der Waals surface area contributed by atoms with Gasteiger partial charge in [-0.15, -0.1) is 0 Å². The van der Waals surface area contributed by atoms with Gasteiger partial charge in [-0.2, -0.15) is 4.31 Å². The Bertz CT molecular complexity index is 664. The van der Waals surface area contributed by atoms with Crippen molar-refractivity contribution in [1.29, 1.82) is 0 Å². The zero-order valence-electron chi connectivity index (χ0n) is 12.0. The van der Waals surface area contributed by atoms with Crippen LogP contribution in [-0.4, -0.2) is 44.9 Å². The molecule has 6 nitrogen and oxygen atoms in total. The van der Waals surface area contributed by atoms with E-state index in [0.717, 1.165) is 5.56 Å². The van der Waals surface area contributed by atoms with Gasteiger partial charge in [0.15, 0.2) is 0 Å². The first-order valence-electron chi connectivity index (χ1n) is 6.46. The molecule has 21 heavy (non-hydrogen) atoms. The summed E-state index contributed by atoms with van der Waals surface area (Å²) in [4.78, 5) is 11.4. The average Bonchev–Trinajstić information content (AvgIpc) is 2.41. The van der Waals surface area contributed by atoms with Crippen LogP contribution in [0.5, 0.6) is 5.75 Å². The Morgan fingerprint density at radius 3 is 2.67 bits per heavy atom. The molecule has 1 fully saturated rings. The predicted molar refractivity (Wildman–Crippen MR) is 78.6 cm³/mol. The third-order valence-corrected chi connectivity index (χ3v) is 5.21. The number of nitrogens with zero attached hydrogens (tertiary/aromatic N) is 1. The molecule has 7 heteroatoms. The normalized spacial score (nSPS) is 16.1. The molecule has 1 N–H and O–H groups in total. The van der Waals surface area contributed by atoms with Crippen molar-refractivity contribution >= 4 is 15.9 Å². The molecule has 1 heterocycles. The lowest BCUT2D eigenvalue weighted by Gasteiger charge is -2.38. The van der Waals surface area contributed by atoms with Crippen LogP contribution in [0.25, 0.3) is 0 Å². The fourth-order valence-corrected chi connectivity index (χ4v) is 3.76. The zero-order chi connectivity index (χ0) is 15.6. The summed E-state index contributed by atoms with van der Waals surface area (Å²) in [6.07, 6.45) is 1.17. The lowest BCUT2D eigenvalue weighted by molar-refractivity contribution is -0.117. The largest absolute Gasteiger partial charge is 0.496 e. The van der Waals surface area contributed by atoms with Crippen LogP contribution in [0.2, 0.25) is 0 Å². The number of ether oxygens (including phenoxy) is 1. The smallest absolute Gasteiger partial charge is 0.243 e. The van der Waals surface area contributed by atoms with Crippen molar-refractivity contribution in [3.05, 3.63) is 36.4 Å². The summed E-state index contributed by atoms with van der Waals surface area (Å²) in [6.45, 7) is 5.69.